The zero-order valence-electron chi connectivity index (χ0n) is 15.0. The smallest absolute Gasteiger partial charge is 0.133 e. The number of fused-ring (bicyclic) bond motifs is 1. The average molecular weight is 333 g/mol. The van der Waals surface area contributed by atoms with Gasteiger partial charge in [-0.05, 0) is 49.6 Å². The fourth-order valence-corrected chi connectivity index (χ4v) is 3.54. The molecule has 0 spiro atoms. The first kappa shape index (κ1) is 15.8. The van der Waals surface area contributed by atoms with Crippen LogP contribution in [0.5, 0.6) is 5.75 Å². The van der Waals surface area contributed by atoms with Crippen LogP contribution in [0.2, 0.25) is 0 Å². The van der Waals surface area contributed by atoms with Crippen LogP contribution in [0, 0.1) is 13.8 Å². The summed E-state index contributed by atoms with van der Waals surface area (Å²) < 4.78 is 7.33. The second-order valence-electron chi connectivity index (χ2n) is 6.68. The molecule has 0 radical (unpaired) electrons. The van der Waals surface area contributed by atoms with Gasteiger partial charge in [-0.3, -0.25) is 0 Å². The summed E-state index contributed by atoms with van der Waals surface area (Å²) >= 11 is 0. The molecule has 2 heterocycles. The quantitative estimate of drug-likeness (QED) is 0.783. The van der Waals surface area contributed by atoms with Gasteiger partial charge in [-0.25, -0.2) is 4.68 Å². The van der Waals surface area contributed by atoms with Crippen LogP contribution >= 0.6 is 0 Å². The number of nitrogens with one attached hydrogen (secondary N) is 1. The first-order chi connectivity index (χ1) is 12.2. The SMILES string of the molecule is COc1ccc(Cc2nn(-c3ccc(C)cc3C)c3c2CCN3)cc1. The number of hydrogen-bond acceptors (Lipinski definition) is 3. The van der Waals surface area contributed by atoms with Gasteiger partial charge in [0.1, 0.15) is 11.6 Å². The van der Waals surface area contributed by atoms with Crippen LogP contribution in [0.3, 0.4) is 0 Å². The van der Waals surface area contributed by atoms with Crippen LogP contribution in [0.4, 0.5) is 5.82 Å². The molecule has 128 valence electrons. The van der Waals surface area contributed by atoms with Crippen molar-refractivity contribution in [3.8, 4) is 11.4 Å². The maximum Gasteiger partial charge on any atom is 0.133 e. The Morgan fingerprint density at radius 2 is 1.92 bits per heavy atom. The van der Waals surface area contributed by atoms with Gasteiger partial charge in [-0.2, -0.15) is 5.10 Å². The van der Waals surface area contributed by atoms with E-state index in [1.165, 1.54) is 22.3 Å². The summed E-state index contributed by atoms with van der Waals surface area (Å²) in [5, 5.41) is 8.47. The van der Waals surface area contributed by atoms with Gasteiger partial charge in [0.05, 0.1) is 18.5 Å². The molecule has 4 rings (SSSR count). The minimum absolute atomic E-state index is 0.839. The Hall–Kier alpha value is -2.75. The molecule has 25 heavy (non-hydrogen) atoms. The molecular weight excluding hydrogens is 310 g/mol. The van der Waals surface area contributed by atoms with Gasteiger partial charge in [0.25, 0.3) is 0 Å². The van der Waals surface area contributed by atoms with Crippen LogP contribution in [0.15, 0.2) is 42.5 Å². The van der Waals surface area contributed by atoms with Gasteiger partial charge < -0.3 is 10.1 Å². The molecule has 0 atom stereocenters. The number of aryl methyl sites for hydroxylation is 2. The lowest BCUT2D eigenvalue weighted by molar-refractivity contribution is 0.414. The number of aromatic nitrogens is 2. The molecule has 0 fully saturated rings. The largest absolute Gasteiger partial charge is 0.497 e. The normalized spacial score (nSPS) is 12.8. The van der Waals surface area contributed by atoms with Crippen LogP contribution in [-0.2, 0) is 12.8 Å². The van der Waals surface area contributed by atoms with Crippen molar-refractivity contribution in [2.24, 2.45) is 0 Å². The van der Waals surface area contributed by atoms with E-state index in [0.29, 0.717) is 0 Å². The maximum atomic E-state index is 5.25. The van der Waals surface area contributed by atoms with Crippen molar-refractivity contribution in [3.63, 3.8) is 0 Å². The van der Waals surface area contributed by atoms with E-state index in [0.717, 1.165) is 42.3 Å². The van der Waals surface area contributed by atoms with Gasteiger partial charge in [-0.15, -0.1) is 0 Å². The van der Waals surface area contributed by atoms with E-state index in [4.69, 9.17) is 9.84 Å². The summed E-state index contributed by atoms with van der Waals surface area (Å²) in [5.74, 6) is 2.03. The first-order valence-corrected chi connectivity index (χ1v) is 8.71. The minimum atomic E-state index is 0.839. The summed E-state index contributed by atoms with van der Waals surface area (Å²) in [7, 11) is 1.69. The summed E-state index contributed by atoms with van der Waals surface area (Å²) in [6.45, 7) is 5.25. The monoisotopic (exact) mass is 333 g/mol. The second kappa shape index (κ2) is 6.28. The van der Waals surface area contributed by atoms with Crippen LogP contribution < -0.4 is 10.1 Å². The van der Waals surface area contributed by atoms with Crippen LogP contribution in [0.1, 0.15) is 27.9 Å². The Balaban J connectivity index is 1.72. The van der Waals surface area contributed by atoms with Crippen molar-refractivity contribution >= 4 is 5.82 Å². The molecule has 0 aliphatic carbocycles. The van der Waals surface area contributed by atoms with Crippen molar-refractivity contribution < 1.29 is 4.74 Å². The Labute approximate surface area is 148 Å². The van der Waals surface area contributed by atoms with Gasteiger partial charge in [0.15, 0.2) is 0 Å². The van der Waals surface area contributed by atoms with E-state index in [1.807, 2.05) is 12.1 Å². The molecule has 4 heteroatoms. The highest BCUT2D eigenvalue weighted by molar-refractivity contribution is 5.59. The zero-order valence-corrected chi connectivity index (χ0v) is 15.0. The third kappa shape index (κ3) is 2.88. The Morgan fingerprint density at radius 3 is 2.64 bits per heavy atom. The highest BCUT2D eigenvalue weighted by Crippen LogP contribution is 2.31. The molecule has 1 aliphatic heterocycles. The molecule has 0 bridgehead atoms. The predicted molar refractivity (Wildman–Crippen MR) is 101 cm³/mol. The summed E-state index contributed by atoms with van der Waals surface area (Å²) in [6, 6.07) is 14.8. The number of rotatable bonds is 4. The third-order valence-corrected chi connectivity index (χ3v) is 4.85. The molecule has 1 aliphatic rings. The Kier molecular flexibility index (Phi) is 3.96. The lowest BCUT2D eigenvalue weighted by atomic mass is 10.1. The fourth-order valence-electron chi connectivity index (χ4n) is 3.54. The molecule has 0 amide bonds. The summed E-state index contributed by atoms with van der Waals surface area (Å²) in [4.78, 5) is 0. The van der Waals surface area contributed by atoms with Crippen LogP contribution in [-0.4, -0.2) is 23.4 Å². The molecule has 2 aromatic carbocycles. The minimum Gasteiger partial charge on any atom is -0.497 e. The maximum absolute atomic E-state index is 5.25. The average Bonchev–Trinajstić information content (AvgIpc) is 3.20. The van der Waals surface area contributed by atoms with Crippen LogP contribution in [0.25, 0.3) is 5.69 Å². The van der Waals surface area contributed by atoms with Gasteiger partial charge in [0.2, 0.25) is 0 Å². The number of ether oxygens (including phenoxy) is 1. The van der Waals surface area contributed by atoms with Gasteiger partial charge >= 0.3 is 0 Å². The van der Waals surface area contributed by atoms with E-state index in [2.05, 4.69) is 54.2 Å². The molecule has 0 saturated heterocycles. The third-order valence-electron chi connectivity index (χ3n) is 4.85. The number of anilines is 1. The predicted octanol–water partition coefficient (Wildman–Crippen LogP) is 4.06. The molecule has 4 nitrogen and oxygen atoms in total. The van der Waals surface area contributed by atoms with E-state index in [1.54, 1.807) is 7.11 Å². The number of nitrogens with zero attached hydrogens (tertiary/aromatic N) is 2. The lowest BCUT2D eigenvalue weighted by Crippen LogP contribution is -2.06. The highest BCUT2D eigenvalue weighted by Gasteiger charge is 2.23. The van der Waals surface area contributed by atoms with Crippen molar-refractivity contribution in [2.75, 3.05) is 19.0 Å². The Bertz CT molecular complexity index is 910. The van der Waals surface area contributed by atoms with Crippen molar-refractivity contribution in [2.45, 2.75) is 26.7 Å². The molecule has 0 unspecified atom stereocenters. The van der Waals surface area contributed by atoms with Crippen molar-refractivity contribution in [3.05, 3.63) is 70.4 Å². The number of hydrogen-bond donors (Lipinski definition) is 1. The zero-order chi connectivity index (χ0) is 17.4. The second-order valence-corrected chi connectivity index (χ2v) is 6.68. The molecular formula is C21H23N3O. The molecule has 1 aromatic heterocycles. The van der Waals surface area contributed by atoms with Crippen molar-refractivity contribution in [1.29, 1.82) is 0 Å². The van der Waals surface area contributed by atoms with E-state index >= 15 is 0 Å². The van der Waals surface area contributed by atoms with E-state index in [-0.39, 0.29) is 0 Å². The van der Waals surface area contributed by atoms with Gasteiger partial charge in [0, 0.05) is 18.5 Å². The number of methoxy groups -OCH3 is 1. The lowest BCUT2D eigenvalue weighted by Gasteiger charge is -2.10. The fraction of sp³-hybridized carbons (Fsp3) is 0.286. The highest BCUT2D eigenvalue weighted by atomic mass is 16.5. The first-order valence-electron chi connectivity index (χ1n) is 8.71. The summed E-state index contributed by atoms with van der Waals surface area (Å²) in [5.41, 5.74) is 7.42. The van der Waals surface area contributed by atoms with Crippen molar-refractivity contribution in [1.82, 2.24) is 9.78 Å². The topological polar surface area (TPSA) is 39.1 Å². The standard InChI is InChI=1S/C21H23N3O/c1-14-4-9-20(15(2)12-14)24-21-18(10-11-22-21)19(23-24)13-16-5-7-17(25-3)8-6-16/h4-9,12,22H,10-11,13H2,1-3H3. The molecule has 1 N–H and O–H groups in total. The molecule has 0 saturated carbocycles. The number of benzene rings is 2. The van der Waals surface area contributed by atoms with E-state index in [9.17, 15) is 0 Å². The molecule has 3 aromatic rings. The van der Waals surface area contributed by atoms with Gasteiger partial charge in [-0.1, -0.05) is 29.8 Å². The summed E-state index contributed by atoms with van der Waals surface area (Å²) in [6.07, 6.45) is 1.87. The Morgan fingerprint density at radius 1 is 1.12 bits per heavy atom. The van der Waals surface area contributed by atoms with E-state index < -0.39 is 0 Å².